The molecule has 358 valence electrons. The van der Waals surface area contributed by atoms with E-state index in [4.69, 9.17) is 29.2 Å². The summed E-state index contributed by atoms with van der Waals surface area (Å²) in [4.78, 5) is 5.68. The first-order valence-electron chi connectivity index (χ1n) is 25.4. The Morgan fingerprint density at radius 1 is 0.406 bits per heavy atom. The van der Waals surface area contributed by atoms with Crippen molar-refractivity contribution in [3.8, 4) is 30.6 Å². The molecule has 4 aromatic rings. The molecular formula is C54H86N2O6S2+2. The number of aliphatic hydroxyl groups is 2. The molecule has 4 rings (SSSR count). The minimum Gasteiger partial charge on any atom is -0.396 e. The molecule has 4 heterocycles. The Labute approximate surface area is 396 Å². The lowest BCUT2D eigenvalue weighted by Crippen LogP contribution is -2.32. The first-order valence-corrected chi connectivity index (χ1v) is 27.1. The van der Waals surface area contributed by atoms with Gasteiger partial charge in [-0.1, -0.05) is 52.4 Å². The van der Waals surface area contributed by atoms with Crippen LogP contribution >= 0.6 is 22.7 Å². The maximum absolute atomic E-state index is 8.86. The average molecular weight is 923 g/mol. The Morgan fingerprint density at radius 3 is 1.06 bits per heavy atom. The topological polar surface area (TPSA) is 85.1 Å². The number of pyridine rings is 2. The van der Waals surface area contributed by atoms with Crippen LogP contribution in [0.1, 0.15) is 153 Å². The van der Waals surface area contributed by atoms with Gasteiger partial charge in [0.05, 0.1) is 0 Å². The van der Waals surface area contributed by atoms with Gasteiger partial charge < -0.3 is 29.2 Å². The third kappa shape index (κ3) is 22.3. The molecule has 0 aliphatic carbocycles. The van der Waals surface area contributed by atoms with E-state index in [1.165, 1.54) is 93.1 Å². The van der Waals surface area contributed by atoms with Crippen LogP contribution in [0, 0.1) is 0 Å². The third-order valence-corrected chi connectivity index (χ3v) is 14.4. The largest absolute Gasteiger partial charge is 0.396 e. The fraction of sp³-hybridized carbons (Fsp3) is 0.667. The second-order valence-electron chi connectivity index (χ2n) is 17.3. The van der Waals surface area contributed by atoms with E-state index in [2.05, 4.69) is 84.2 Å². The summed E-state index contributed by atoms with van der Waals surface area (Å²) in [5, 5.41) is 17.7. The summed E-state index contributed by atoms with van der Waals surface area (Å²) in [6, 6.07) is 14.4. The van der Waals surface area contributed by atoms with Crippen molar-refractivity contribution in [1.82, 2.24) is 0 Å². The molecule has 0 spiro atoms. The summed E-state index contributed by atoms with van der Waals surface area (Å²) in [6.07, 6.45) is 33.5. The summed E-state index contributed by atoms with van der Waals surface area (Å²) in [7, 11) is 0. The molecule has 0 unspecified atom stereocenters. The van der Waals surface area contributed by atoms with E-state index >= 15 is 0 Å². The second-order valence-corrected chi connectivity index (χ2v) is 19.4. The minimum atomic E-state index is 0.248. The number of unbranched alkanes of at least 4 members (excludes halogenated alkanes) is 12. The highest BCUT2D eigenvalue weighted by Gasteiger charge is 2.19. The van der Waals surface area contributed by atoms with Gasteiger partial charge in [0, 0.05) is 134 Å². The fourth-order valence-electron chi connectivity index (χ4n) is 7.81. The predicted molar refractivity (Wildman–Crippen MR) is 267 cm³/mol. The van der Waals surface area contributed by atoms with Crippen LogP contribution in [0.5, 0.6) is 0 Å². The molecule has 0 fully saturated rings. The number of ether oxygens (including phenoxy) is 4. The van der Waals surface area contributed by atoms with E-state index in [0.717, 1.165) is 156 Å². The van der Waals surface area contributed by atoms with Crippen molar-refractivity contribution in [2.45, 2.75) is 168 Å². The highest BCUT2D eigenvalue weighted by atomic mass is 32.1. The number of hydrogen-bond donors (Lipinski definition) is 2. The van der Waals surface area contributed by atoms with Gasteiger partial charge in [-0.3, -0.25) is 0 Å². The number of aryl methyl sites for hydroxylation is 4. The molecule has 64 heavy (non-hydrogen) atoms. The maximum atomic E-state index is 8.86. The lowest BCUT2D eigenvalue weighted by molar-refractivity contribution is -0.697. The Morgan fingerprint density at radius 2 is 0.734 bits per heavy atom. The van der Waals surface area contributed by atoms with Crippen molar-refractivity contribution in [2.75, 3.05) is 66.1 Å². The average Bonchev–Trinajstić information content (AvgIpc) is 3.95. The zero-order chi connectivity index (χ0) is 45.1. The van der Waals surface area contributed by atoms with Gasteiger partial charge in [0.15, 0.2) is 24.8 Å². The summed E-state index contributed by atoms with van der Waals surface area (Å²) in [6.45, 7) is 13.4. The van der Waals surface area contributed by atoms with Crippen LogP contribution in [-0.4, -0.2) is 76.3 Å². The van der Waals surface area contributed by atoms with Crippen LogP contribution in [0.2, 0.25) is 0 Å². The standard InChI is InChI=1S/C54H86N2O6S2/c1-3-5-7-9-23-49-45-51(63-53(49)47-25-31-55(32-26-47)29-11-15-37-59-41-19-21-43-61-39-17-13-35-57)52-46-50(24-10-8-6-4-2)54(64-52)48-27-33-56(34-28-48)30-12-16-38-60-42-20-22-44-62-40-18-14-36-58/h25-28,31-34,45-46,57-58H,3-24,29-30,35-44H2,1-2H3/q+2. The van der Waals surface area contributed by atoms with Crippen molar-refractivity contribution in [3.63, 3.8) is 0 Å². The number of nitrogens with zero attached hydrogens (tertiary/aromatic N) is 2. The zero-order valence-corrected chi connectivity index (χ0v) is 41.7. The Kier molecular flexibility index (Phi) is 30.1. The van der Waals surface area contributed by atoms with E-state index in [9.17, 15) is 0 Å². The van der Waals surface area contributed by atoms with E-state index in [1.54, 1.807) is 0 Å². The molecule has 0 bridgehead atoms. The van der Waals surface area contributed by atoms with Crippen molar-refractivity contribution >= 4 is 22.7 Å². The molecule has 0 saturated carbocycles. The molecule has 0 aromatic carbocycles. The SMILES string of the molecule is CCCCCCc1cc(-c2cc(CCCCCC)c(-c3cc[n+](CCCCOCCCCOCCCCO)cc3)s2)sc1-c1cc[n+](CCCCOCCCCOCCCCO)cc1. The van der Waals surface area contributed by atoms with E-state index < -0.39 is 0 Å². The Hall–Kier alpha value is -2.54. The van der Waals surface area contributed by atoms with Gasteiger partial charge in [0.25, 0.3) is 0 Å². The number of aliphatic hydroxyl groups excluding tert-OH is 2. The van der Waals surface area contributed by atoms with Crippen molar-refractivity contribution < 1.29 is 38.3 Å². The van der Waals surface area contributed by atoms with Gasteiger partial charge in [-0.15, -0.1) is 22.7 Å². The minimum absolute atomic E-state index is 0.248. The number of rotatable bonds is 41. The van der Waals surface area contributed by atoms with Crippen LogP contribution in [0.3, 0.4) is 0 Å². The van der Waals surface area contributed by atoms with Crippen LogP contribution in [0.25, 0.3) is 30.6 Å². The van der Waals surface area contributed by atoms with Gasteiger partial charge in [-0.25, -0.2) is 9.13 Å². The molecule has 0 amide bonds. The maximum Gasteiger partial charge on any atom is 0.169 e. The first kappa shape index (κ1) is 54.1. The summed E-state index contributed by atoms with van der Waals surface area (Å²) < 4.78 is 27.7. The molecule has 10 heteroatoms. The van der Waals surface area contributed by atoms with E-state index in [0.29, 0.717) is 0 Å². The Bertz CT molecular complexity index is 1580. The van der Waals surface area contributed by atoms with Gasteiger partial charge in [-0.05, 0) is 113 Å². The smallest absolute Gasteiger partial charge is 0.169 e. The van der Waals surface area contributed by atoms with Crippen LogP contribution in [0.4, 0.5) is 0 Å². The number of aromatic nitrogens is 2. The fourth-order valence-corrected chi connectivity index (χ4v) is 10.3. The summed E-state index contributed by atoms with van der Waals surface area (Å²) >= 11 is 3.98. The second kappa shape index (κ2) is 35.6. The number of thiophene rings is 2. The molecule has 0 radical (unpaired) electrons. The molecular weight excluding hydrogens is 837 g/mol. The monoisotopic (exact) mass is 923 g/mol. The molecule has 8 nitrogen and oxygen atoms in total. The normalized spacial score (nSPS) is 11.6. The van der Waals surface area contributed by atoms with E-state index in [-0.39, 0.29) is 13.2 Å². The van der Waals surface area contributed by atoms with Crippen molar-refractivity contribution in [3.05, 3.63) is 72.3 Å². The van der Waals surface area contributed by atoms with E-state index in [1.807, 2.05) is 22.7 Å². The van der Waals surface area contributed by atoms with Crippen LogP contribution in [-0.2, 0) is 44.9 Å². The van der Waals surface area contributed by atoms with Gasteiger partial charge in [0.1, 0.15) is 13.1 Å². The lowest BCUT2D eigenvalue weighted by Gasteiger charge is -2.05. The Balaban J connectivity index is 1.32. The first-order chi connectivity index (χ1) is 31.7. The molecule has 2 N–H and O–H groups in total. The zero-order valence-electron chi connectivity index (χ0n) is 40.1. The predicted octanol–water partition coefficient (Wildman–Crippen LogP) is 12.4. The van der Waals surface area contributed by atoms with Crippen LogP contribution < -0.4 is 9.13 Å². The van der Waals surface area contributed by atoms with Gasteiger partial charge >= 0.3 is 0 Å². The highest BCUT2D eigenvalue weighted by molar-refractivity contribution is 7.25. The van der Waals surface area contributed by atoms with Crippen molar-refractivity contribution in [2.24, 2.45) is 0 Å². The third-order valence-electron chi connectivity index (χ3n) is 11.7. The molecule has 0 saturated heterocycles. The quantitative estimate of drug-likeness (QED) is 0.0341. The molecule has 0 aliphatic heterocycles. The molecule has 4 aromatic heterocycles. The van der Waals surface area contributed by atoms with Gasteiger partial charge in [0.2, 0.25) is 0 Å². The van der Waals surface area contributed by atoms with Gasteiger partial charge in [-0.2, -0.15) is 0 Å². The molecule has 0 atom stereocenters. The summed E-state index contributed by atoms with van der Waals surface area (Å²) in [5.74, 6) is 0. The summed E-state index contributed by atoms with van der Waals surface area (Å²) in [5.41, 5.74) is 5.67. The van der Waals surface area contributed by atoms with Crippen molar-refractivity contribution in [1.29, 1.82) is 0 Å². The lowest BCUT2D eigenvalue weighted by atomic mass is 10.0. The molecule has 0 aliphatic rings. The van der Waals surface area contributed by atoms with Crippen LogP contribution in [0.15, 0.2) is 61.2 Å². The number of hydrogen-bond acceptors (Lipinski definition) is 8. The highest BCUT2D eigenvalue weighted by Crippen LogP contribution is 2.45.